The van der Waals surface area contributed by atoms with E-state index in [9.17, 15) is 0 Å². The van der Waals surface area contributed by atoms with E-state index >= 15 is 0 Å². The van der Waals surface area contributed by atoms with Gasteiger partial charge in [-0.3, -0.25) is 0 Å². The molecule has 2 atom stereocenters. The lowest BCUT2D eigenvalue weighted by molar-refractivity contribution is 0.366. The summed E-state index contributed by atoms with van der Waals surface area (Å²) in [6.07, 6.45) is 1.30. The van der Waals surface area contributed by atoms with Crippen LogP contribution in [0, 0.1) is 5.92 Å². The third-order valence-corrected chi connectivity index (χ3v) is 3.61. The van der Waals surface area contributed by atoms with Gasteiger partial charge in [-0.25, -0.2) is 0 Å². The lowest BCUT2D eigenvalue weighted by atomic mass is 9.96. The Balaban J connectivity index is 2.05. The van der Waals surface area contributed by atoms with Crippen LogP contribution in [0.4, 0.5) is 5.69 Å². The molecule has 1 aromatic rings. The molecular weight excluding hydrogens is 192 g/mol. The predicted molar refractivity (Wildman–Crippen MR) is 63.2 cm³/mol. The van der Waals surface area contributed by atoms with Crippen molar-refractivity contribution in [1.82, 2.24) is 5.32 Å². The molecule has 1 saturated heterocycles. The summed E-state index contributed by atoms with van der Waals surface area (Å²) in [5, 5.41) is 7.78. The Hall–Kier alpha value is -0.540. The quantitative estimate of drug-likeness (QED) is 0.805. The highest BCUT2D eigenvalue weighted by atomic mass is 32.1. The van der Waals surface area contributed by atoms with Gasteiger partial charge >= 0.3 is 0 Å². The number of hydrogen-bond acceptors (Lipinski definition) is 3. The normalized spacial score (nSPS) is 28.0. The molecule has 1 N–H and O–H groups in total. The maximum absolute atomic E-state index is 3.39. The molecule has 2 heterocycles. The van der Waals surface area contributed by atoms with Crippen molar-refractivity contribution in [2.45, 2.75) is 19.4 Å². The van der Waals surface area contributed by atoms with Crippen LogP contribution < -0.4 is 10.2 Å². The van der Waals surface area contributed by atoms with Crippen molar-refractivity contribution >= 4 is 17.0 Å². The Morgan fingerprint density at radius 3 is 3.00 bits per heavy atom. The number of hydrogen-bond donors (Lipinski definition) is 1. The van der Waals surface area contributed by atoms with E-state index in [1.807, 2.05) is 0 Å². The highest BCUT2D eigenvalue weighted by Gasteiger charge is 2.23. The highest BCUT2D eigenvalue weighted by Crippen LogP contribution is 2.24. The number of anilines is 1. The first-order chi connectivity index (χ1) is 6.79. The first kappa shape index (κ1) is 9.99. The minimum atomic E-state index is 0.652. The molecule has 2 unspecified atom stereocenters. The summed E-state index contributed by atoms with van der Waals surface area (Å²) < 4.78 is 0. The first-order valence-corrected chi connectivity index (χ1v) is 6.18. The van der Waals surface area contributed by atoms with E-state index < -0.39 is 0 Å². The van der Waals surface area contributed by atoms with Crippen LogP contribution in [0.5, 0.6) is 0 Å². The van der Waals surface area contributed by atoms with Crippen LogP contribution in [0.1, 0.15) is 13.3 Å². The van der Waals surface area contributed by atoms with E-state index in [-0.39, 0.29) is 0 Å². The summed E-state index contributed by atoms with van der Waals surface area (Å²) in [5.41, 5.74) is 1.39. The number of nitrogens with one attached hydrogen (secondary N) is 1. The van der Waals surface area contributed by atoms with Crippen molar-refractivity contribution in [2.75, 3.05) is 25.0 Å². The molecule has 78 valence electrons. The zero-order valence-electron chi connectivity index (χ0n) is 8.86. The van der Waals surface area contributed by atoms with Gasteiger partial charge in [0.1, 0.15) is 0 Å². The first-order valence-electron chi connectivity index (χ1n) is 5.24. The standard InChI is InChI=1S/C11H18N2S/c1-9-5-10(12-2)7-13(6-9)11-3-4-14-8-11/h3-4,8-10,12H,5-7H2,1-2H3. The Labute approximate surface area is 89.9 Å². The van der Waals surface area contributed by atoms with Gasteiger partial charge in [0, 0.05) is 30.2 Å². The Morgan fingerprint density at radius 2 is 2.36 bits per heavy atom. The van der Waals surface area contributed by atoms with Crippen LogP contribution in [0.15, 0.2) is 16.8 Å². The van der Waals surface area contributed by atoms with E-state index in [1.165, 1.54) is 18.7 Å². The molecule has 1 aliphatic heterocycles. The number of nitrogens with zero attached hydrogens (tertiary/aromatic N) is 1. The molecule has 0 radical (unpaired) electrons. The van der Waals surface area contributed by atoms with Crippen molar-refractivity contribution in [3.8, 4) is 0 Å². The molecular formula is C11H18N2S. The summed E-state index contributed by atoms with van der Waals surface area (Å²) in [7, 11) is 2.06. The third kappa shape index (κ3) is 2.10. The Bertz CT molecular complexity index is 271. The van der Waals surface area contributed by atoms with Crippen molar-refractivity contribution < 1.29 is 0 Å². The number of piperidine rings is 1. The average molecular weight is 210 g/mol. The third-order valence-electron chi connectivity index (χ3n) is 2.94. The van der Waals surface area contributed by atoms with Gasteiger partial charge < -0.3 is 10.2 Å². The molecule has 2 nitrogen and oxygen atoms in total. The average Bonchev–Trinajstić information content (AvgIpc) is 2.69. The number of likely N-dealkylation sites (N-methyl/N-ethyl adjacent to an activating group) is 1. The predicted octanol–water partition coefficient (Wildman–Crippen LogP) is 2.18. The van der Waals surface area contributed by atoms with Gasteiger partial charge in [-0.15, -0.1) is 0 Å². The number of thiophene rings is 1. The molecule has 0 amide bonds. The lowest BCUT2D eigenvalue weighted by Crippen LogP contribution is -2.47. The van der Waals surface area contributed by atoms with Gasteiger partial charge in [-0.1, -0.05) is 6.92 Å². The topological polar surface area (TPSA) is 15.3 Å². The molecule has 1 aromatic heterocycles. The minimum absolute atomic E-state index is 0.652. The van der Waals surface area contributed by atoms with Crippen LogP contribution in [0.3, 0.4) is 0 Å². The van der Waals surface area contributed by atoms with Crippen LogP contribution in [-0.4, -0.2) is 26.2 Å². The maximum Gasteiger partial charge on any atom is 0.0475 e. The van der Waals surface area contributed by atoms with Gasteiger partial charge in [0.2, 0.25) is 0 Å². The molecule has 1 fully saturated rings. The summed E-state index contributed by atoms with van der Waals surface area (Å²) >= 11 is 1.78. The molecule has 0 aliphatic carbocycles. The lowest BCUT2D eigenvalue weighted by Gasteiger charge is -2.37. The fourth-order valence-corrected chi connectivity index (χ4v) is 2.87. The van der Waals surface area contributed by atoms with Crippen molar-refractivity contribution in [2.24, 2.45) is 5.92 Å². The molecule has 14 heavy (non-hydrogen) atoms. The maximum atomic E-state index is 3.39. The minimum Gasteiger partial charge on any atom is -0.369 e. The van der Waals surface area contributed by atoms with Gasteiger partial charge in [-0.05, 0) is 30.8 Å². The van der Waals surface area contributed by atoms with Crippen LogP contribution in [0.2, 0.25) is 0 Å². The van der Waals surface area contributed by atoms with E-state index in [4.69, 9.17) is 0 Å². The Kier molecular flexibility index (Phi) is 3.08. The summed E-state index contributed by atoms with van der Waals surface area (Å²) in [5.74, 6) is 0.793. The number of rotatable bonds is 2. The second-order valence-corrected chi connectivity index (χ2v) is 4.99. The van der Waals surface area contributed by atoms with E-state index in [1.54, 1.807) is 11.3 Å². The summed E-state index contributed by atoms with van der Waals surface area (Å²) in [6, 6.07) is 2.87. The fraction of sp³-hybridized carbons (Fsp3) is 0.636. The molecule has 2 rings (SSSR count). The van der Waals surface area contributed by atoms with E-state index in [2.05, 4.69) is 41.0 Å². The monoisotopic (exact) mass is 210 g/mol. The largest absolute Gasteiger partial charge is 0.369 e. The van der Waals surface area contributed by atoms with Crippen LogP contribution in [0.25, 0.3) is 0 Å². The molecule has 0 aromatic carbocycles. The summed E-state index contributed by atoms with van der Waals surface area (Å²) in [6.45, 7) is 4.69. The highest BCUT2D eigenvalue weighted by molar-refractivity contribution is 7.08. The van der Waals surface area contributed by atoms with Crippen molar-refractivity contribution in [3.63, 3.8) is 0 Å². The second-order valence-electron chi connectivity index (χ2n) is 4.21. The van der Waals surface area contributed by atoms with Gasteiger partial charge in [0.05, 0.1) is 0 Å². The zero-order chi connectivity index (χ0) is 9.97. The second kappa shape index (κ2) is 4.32. The molecule has 3 heteroatoms. The van der Waals surface area contributed by atoms with E-state index in [0.29, 0.717) is 6.04 Å². The van der Waals surface area contributed by atoms with E-state index in [0.717, 1.165) is 12.5 Å². The summed E-state index contributed by atoms with van der Waals surface area (Å²) in [4.78, 5) is 2.49. The van der Waals surface area contributed by atoms with Crippen LogP contribution >= 0.6 is 11.3 Å². The SMILES string of the molecule is CNC1CC(C)CN(c2ccsc2)C1. The van der Waals surface area contributed by atoms with Crippen molar-refractivity contribution in [1.29, 1.82) is 0 Å². The Morgan fingerprint density at radius 1 is 1.50 bits per heavy atom. The molecule has 0 spiro atoms. The van der Waals surface area contributed by atoms with Crippen LogP contribution in [-0.2, 0) is 0 Å². The smallest absolute Gasteiger partial charge is 0.0475 e. The van der Waals surface area contributed by atoms with Gasteiger partial charge in [0.15, 0.2) is 0 Å². The van der Waals surface area contributed by atoms with Gasteiger partial charge in [0.25, 0.3) is 0 Å². The van der Waals surface area contributed by atoms with Gasteiger partial charge in [-0.2, -0.15) is 11.3 Å². The molecule has 0 saturated carbocycles. The molecule has 1 aliphatic rings. The molecule has 0 bridgehead atoms. The zero-order valence-corrected chi connectivity index (χ0v) is 9.68. The fourth-order valence-electron chi connectivity index (χ4n) is 2.21. The van der Waals surface area contributed by atoms with Crippen molar-refractivity contribution in [3.05, 3.63) is 16.8 Å².